The van der Waals surface area contributed by atoms with Crippen LogP contribution >= 0.6 is 0 Å². The summed E-state index contributed by atoms with van der Waals surface area (Å²) in [5.74, 6) is 1.29. The average Bonchev–Trinajstić information content (AvgIpc) is 3.06. The average molecular weight is 255 g/mol. The van der Waals surface area contributed by atoms with Gasteiger partial charge in [0.05, 0.1) is 13.2 Å². The molecule has 0 radical (unpaired) electrons. The third-order valence-electron chi connectivity index (χ3n) is 3.69. The zero-order valence-electron chi connectivity index (χ0n) is 12.1. The molecule has 0 aromatic carbocycles. The van der Waals surface area contributed by atoms with E-state index in [0.29, 0.717) is 18.5 Å². The van der Waals surface area contributed by atoms with Crippen LogP contribution in [0.5, 0.6) is 0 Å². The number of aliphatic imine (C=N–C) groups is 1. The summed E-state index contributed by atoms with van der Waals surface area (Å²) in [5.41, 5.74) is 5.90. The Hall–Kier alpha value is -0.770. The minimum atomic E-state index is 0.0488. The van der Waals surface area contributed by atoms with Gasteiger partial charge in [0.15, 0.2) is 5.96 Å². The van der Waals surface area contributed by atoms with Crippen LogP contribution in [-0.2, 0) is 0 Å². The molecule has 4 nitrogen and oxygen atoms in total. The lowest BCUT2D eigenvalue weighted by atomic mass is 10.0. The minimum Gasteiger partial charge on any atom is -0.396 e. The molecule has 4 heteroatoms. The molecule has 4 N–H and O–H groups in total. The van der Waals surface area contributed by atoms with Crippen molar-refractivity contribution in [3.63, 3.8) is 0 Å². The van der Waals surface area contributed by atoms with Crippen molar-refractivity contribution < 1.29 is 5.11 Å². The van der Waals surface area contributed by atoms with Crippen LogP contribution in [0.2, 0.25) is 0 Å². The molecule has 0 aliphatic heterocycles. The minimum absolute atomic E-state index is 0.0488. The highest BCUT2D eigenvalue weighted by atomic mass is 16.3. The summed E-state index contributed by atoms with van der Waals surface area (Å²) in [4.78, 5) is 4.34. The van der Waals surface area contributed by atoms with Gasteiger partial charge in [-0.15, -0.1) is 0 Å². The Morgan fingerprint density at radius 2 is 2.00 bits per heavy atom. The normalized spacial score (nSPS) is 19.9. The van der Waals surface area contributed by atoms with Gasteiger partial charge in [-0.05, 0) is 32.1 Å². The highest BCUT2D eigenvalue weighted by Crippen LogP contribution is 2.45. The van der Waals surface area contributed by atoms with E-state index in [-0.39, 0.29) is 12.0 Å². The van der Waals surface area contributed by atoms with Gasteiger partial charge in [0.25, 0.3) is 0 Å². The van der Waals surface area contributed by atoms with Crippen LogP contribution in [-0.4, -0.2) is 30.3 Å². The maximum absolute atomic E-state index is 9.19. The fourth-order valence-corrected chi connectivity index (χ4v) is 2.00. The van der Waals surface area contributed by atoms with Gasteiger partial charge in [-0.25, -0.2) is 0 Å². The number of rotatable bonds is 8. The number of hydrogen-bond acceptors (Lipinski definition) is 2. The highest BCUT2D eigenvalue weighted by molar-refractivity contribution is 5.78. The number of guanidine groups is 1. The van der Waals surface area contributed by atoms with E-state index in [1.807, 2.05) is 0 Å². The van der Waals surface area contributed by atoms with Gasteiger partial charge in [0, 0.05) is 11.5 Å². The maximum atomic E-state index is 9.19. The molecule has 1 atom stereocenters. The summed E-state index contributed by atoms with van der Waals surface area (Å²) >= 11 is 0. The molecule has 0 aromatic heterocycles. The van der Waals surface area contributed by atoms with Crippen molar-refractivity contribution in [2.45, 2.75) is 58.9 Å². The van der Waals surface area contributed by atoms with Gasteiger partial charge in [0.1, 0.15) is 0 Å². The van der Waals surface area contributed by atoms with E-state index in [9.17, 15) is 5.11 Å². The van der Waals surface area contributed by atoms with Crippen molar-refractivity contribution in [1.82, 2.24) is 5.32 Å². The lowest BCUT2D eigenvalue weighted by Crippen LogP contribution is -2.39. The summed E-state index contributed by atoms with van der Waals surface area (Å²) in [6, 6.07) is 0.372. The fourth-order valence-electron chi connectivity index (χ4n) is 2.00. The second-order valence-corrected chi connectivity index (χ2v) is 6.23. The third-order valence-corrected chi connectivity index (χ3v) is 3.69. The molecular weight excluding hydrogens is 226 g/mol. The molecule has 1 aliphatic carbocycles. The zero-order valence-corrected chi connectivity index (χ0v) is 12.1. The second kappa shape index (κ2) is 6.98. The van der Waals surface area contributed by atoms with Crippen LogP contribution < -0.4 is 11.1 Å². The number of aliphatic hydroxyl groups excluding tert-OH is 1. The van der Waals surface area contributed by atoms with E-state index in [1.165, 1.54) is 12.8 Å². The lowest BCUT2D eigenvalue weighted by molar-refractivity contribution is 0.217. The molecule has 1 rings (SSSR count). The Balaban J connectivity index is 2.18. The van der Waals surface area contributed by atoms with Gasteiger partial charge in [-0.2, -0.15) is 0 Å². The van der Waals surface area contributed by atoms with Crippen molar-refractivity contribution in [3.8, 4) is 0 Å². The first-order chi connectivity index (χ1) is 8.47. The van der Waals surface area contributed by atoms with Gasteiger partial charge in [-0.3, -0.25) is 4.99 Å². The molecular formula is C14H29N3O. The number of hydrogen-bond donors (Lipinski definition) is 3. The van der Waals surface area contributed by atoms with E-state index in [0.717, 1.165) is 25.2 Å². The van der Waals surface area contributed by atoms with Crippen LogP contribution in [0.25, 0.3) is 0 Å². The van der Waals surface area contributed by atoms with Crippen LogP contribution in [0.1, 0.15) is 52.9 Å². The van der Waals surface area contributed by atoms with Crippen LogP contribution in [0.4, 0.5) is 0 Å². The van der Waals surface area contributed by atoms with Crippen molar-refractivity contribution in [3.05, 3.63) is 0 Å². The molecule has 1 unspecified atom stereocenters. The summed E-state index contributed by atoms with van der Waals surface area (Å²) in [7, 11) is 0. The molecule has 1 aliphatic rings. The topological polar surface area (TPSA) is 70.6 Å². The molecule has 0 amide bonds. The van der Waals surface area contributed by atoms with Gasteiger partial charge in [-0.1, -0.05) is 26.7 Å². The van der Waals surface area contributed by atoms with E-state index in [2.05, 4.69) is 31.1 Å². The summed E-state index contributed by atoms with van der Waals surface area (Å²) in [6.45, 7) is 7.52. The predicted molar refractivity (Wildman–Crippen MR) is 76.5 cm³/mol. The molecule has 0 bridgehead atoms. The molecule has 0 heterocycles. The molecule has 106 valence electrons. The number of nitrogens with one attached hydrogen (secondary N) is 1. The summed E-state index contributed by atoms with van der Waals surface area (Å²) < 4.78 is 0. The molecule has 18 heavy (non-hydrogen) atoms. The Morgan fingerprint density at radius 1 is 1.33 bits per heavy atom. The lowest BCUT2D eigenvalue weighted by Gasteiger charge is -2.16. The quantitative estimate of drug-likeness (QED) is 0.458. The van der Waals surface area contributed by atoms with Crippen molar-refractivity contribution in [2.75, 3.05) is 13.2 Å². The monoisotopic (exact) mass is 255 g/mol. The third kappa shape index (κ3) is 5.71. The van der Waals surface area contributed by atoms with Crippen LogP contribution in [0.3, 0.4) is 0 Å². The maximum Gasteiger partial charge on any atom is 0.188 e. The SMILES string of the molecule is CC(C)CCCC(C)NC(N)=NCC1(CO)CC1. The van der Waals surface area contributed by atoms with E-state index < -0.39 is 0 Å². The van der Waals surface area contributed by atoms with Gasteiger partial charge in [0.2, 0.25) is 0 Å². The Bertz CT molecular complexity index is 272. The second-order valence-electron chi connectivity index (χ2n) is 6.23. The van der Waals surface area contributed by atoms with Gasteiger partial charge < -0.3 is 16.2 Å². The number of nitrogens with zero attached hydrogens (tertiary/aromatic N) is 1. The number of nitrogens with two attached hydrogens (primary N) is 1. The van der Waals surface area contributed by atoms with Crippen LogP contribution in [0.15, 0.2) is 4.99 Å². The van der Waals surface area contributed by atoms with Crippen molar-refractivity contribution in [2.24, 2.45) is 22.1 Å². The van der Waals surface area contributed by atoms with Crippen molar-refractivity contribution in [1.29, 1.82) is 0 Å². The number of aliphatic hydroxyl groups is 1. The molecule has 1 saturated carbocycles. The van der Waals surface area contributed by atoms with E-state index in [4.69, 9.17) is 5.73 Å². The summed E-state index contributed by atoms with van der Waals surface area (Å²) in [5, 5.41) is 12.4. The first-order valence-electron chi connectivity index (χ1n) is 7.15. The molecule has 1 fully saturated rings. The largest absolute Gasteiger partial charge is 0.396 e. The predicted octanol–water partition coefficient (Wildman–Crippen LogP) is 1.88. The van der Waals surface area contributed by atoms with Crippen molar-refractivity contribution >= 4 is 5.96 Å². The van der Waals surface area contributed by atoms with Gasteiger partial charge >= 0.3 is 0 Å². The smallest absolute Gasteiger partial charge is 0.188 e. The Labute approximate surface area is 111 Å². The molecule has 0 spiro atoms. The first kappa shape index (κ1) is 15.3. The molecule has 0 saturated heterocycles. The van der Waals surface area contributed by atoms with Crippen LogP contribution in [0, 0.1) is 11.3 Å². The zero-order chi connectivity index (χ0) is 13.6. The Kier molecular flexibility index (Phi) is 5.93. The Morgan fingerprint density at radius 3 is 2.50 bits per heavy atom. The highest BCUT2D eigenvalue weighted by Gasteiger charge is 2.41. The molecule has 0 aromatic rings. The standard InChI is InChI=1S/C14H29N3O/c1-11(2)5-4-6-12(3)17-13(15)16-9-14(10-18)7-8-14/h11-12,18H,4-10H2,1-3H3,(H3,15,16,17). The van der Waals surface area contributed by atoms with E-state index in [1.54, 1.807) is 0 Å². The van der Waals surface area contributed by atoms with E-state index >= 15 is 0 Å². The summed E-state index contributed by atoms with van der Waals surface area (Å²) in [6.07, 6.45) is 5.75. The first-order valence-corrected chi connectivity index (χ1v) is 7.15. The fraction of sp³-hybridized carbons (Fsp3) is 0.929.